The summed E-state index contributed by atoms with van der Waals surface area (Å²) in [6, 6.07) is 11.2. The zero-order valence-electron chi connectivity index (χ0n) is 16.0. The number of carbonyl (C=O) groups is 4. The van der Waals surface area contributed by atoms with Crippen LogP contribution in [0.5, 0.6) is 0 Å². The smallest absolute Gasteiger partial charge is 0.311 e. The number of nitrogens with zero attached hydrogens (tertiary/aromatic N) is 1. The van der Waals surface area contributed by atoms with Crippen LogP contribution in [0.15, 0.2) is 42.5 Å². The van der Waals surface area contributed by atoms with Crippen molar-refractivity contribution >= 4 is 46.8 Å². The first kappa shape index (κ1) is 21.8. The fourth-order valence-corrected chi connectivity index (χ4v) is 3.40. The molecule has 2 aromatic carbocycles. The quantitative estimate of drug-likeness (QED) is 0.540. The number of aryl methyl sites for hydroxylation is 1. The molecule has 9 heteroatoms. The molecule has 0 spiro atoms. The van der Waals surface area contributed by atoms with Gasteiger partial charge in [0.25, 0.3) is 5.91 Å². The minimum absolute atomic E-state index is 0.0622. The normalized spacial score (nSPS) is 15.8. The Morgan fingerprint density at radius 2 is 1.83 bits per heavy atom. The number of carbonyl (C=O) groups excluding carboxylic acids is 4. The van der Waals surface area contributed by atoms with E-state index in [1.165, 1.54) is 18.2 Å². The first-order valence-electron chi connectivity index (χ1n) is 9.07. The third-order valence-electron chi connectivity index (χ3n) is 4.59. The van der Waals surface area contributed by atoms with Crippen molar-refractivity contribution in [2.75, 3.05) is 13.2 Å². The van der Waals surface area contributed by atoms with Gasteiger partial charge in [-0.3, -0.25) is 29.6 Å². The molecule has 7 nitrogen and oxygen atoms in total. The standard InChI is InChI=1S/C21H18Cl2N2O5/c1-12-2-4-13(5-3-12)18(26)11-30-21(29)14-8-19(27)25(10-14)24-20(28)16-7-6-15(22)9-17(16)23/h2-7,9,14H,8,10-11H2,1H3,(H,24,28). The monoisotopic (exact) mass is 448 g/mol. The van der Waals surface area contributed by atoms with Crippen LogP contribution in [0.2, 0.25) is 10.0 Å². The summed E-state index contributed by atoms with van der Waals surface area (Å²) in [5.41, 5.74) is 4.02. The van der Waals surface area contributed by atoms with Crippen LogP contribution in [0.3, 0.4) is 0 Å². The second-order valence-electron chi connectivity index (χ2n) is 6.87. The minimum atomic E-state index is -0.788. The van der Waals surface area contributed by atoms with Crippen molar-refractivity contribution in [3.05, 3.63) is 69.2 Å². The van der Waals surface area contributed by atoms with Crippen LogP contribution in [-0.4, -0.2) is 41.7 Å². The number of ketones is 1. The van der Waals surface area contributed by atoms with Crippen molar-refractivity contribution in [2.45, 2.75) is 13.3 Å². The fourth-order valence-electron chi connectivity index (χ4n) is 2.91. The number of benzene rings is 2. The number of amides is 2. The molecule has 1 fully saturated rings. The molecule has 0 bridgehead atoms. The summed E-state index contributed by atoms with van der Waals surface area (Å²) < 4.78 is 5.08. The highest BCUT2D eigenvalue weighted by Gasteiger charge is 2.37. The predicted molar refractivity (Wildman–Crippen MR) is 110 cm³/mol. The van der Waals surface area contributed by atoms with Crippen molar-refractivity contribution in [2.24, 2.45) is 5.92 Å². The van der Waals surface area contributed by atoms with E-state index in [0.29, 0.717) is 10.6 Å². The summed E-state index contributed by atoms with van der Waals surface area (Å²) in [5, 5.41) is 1.55. The van der Waals surface area contributed by atoms with Crippen LogP contribution in [-0.2, 0) is 14.3 Å². The summed E-state index contributed by atoms with van der Waals surface area (Å²) in [7, 11) is 0. The van der Waals surface area contributed by atoms with Gasteiger partial charge in [-0.2, -0.15) is 0 Å². The lowest BCUT2D eigenvalue weighted by Crippen LogP contribution is -2.43. The number of nitrogens with one attached hydrogen (secondary N) is 1. The Morgan fingerprint density at radius 1 is 1.13 bits per heavy atom. The molecule has 1 aliphatic heterocycles. The van der Waals surface area contributed by atoms with Crippen LogP contribution in [0.25, 0.3) is 0 Å². The Hall–Kier alpha value is -2.90. The van der Waals surface area contributed by atoms with E-state index in [2.05, 4.69) is 5.43 Å². The zero-order valence-corrected chi connectivity index (χ0v) is 17.5. The second kappa shape index (κ2) is 9.28. The fraction of sp³-hybridized carbons (Fsp3) is 0.238. The zero-order chi connectivity index (χ0) is 21.8. The molecule has 30 heavy (non-hydrogen) atoms. The topological polar surface area (TPSA) is 92.8 Å². The highest BCUT2D eigenvalue weighted by molar-refractivity contribution is 6.36. The third kappa shape index (κ3) is 5.17. The maximum Gasteiger partial charge on any atom is 0.311 e. The van der Waals surface area contributed by atoms with Crippen LogP contribution in [0, 0.1) is 12.8 Å². The molecule has 2 aromatic rings. The Balaban J connectivity index is 1.54. The molecule has 0 aliphatic carbocycles. The van der Waals surface area contributed by atoms with Crippen molar-refractivity contribution in [3.8, 4) is 0 Å². The molecule has 1 unspecified atom stereocenters. The molecule has 1 atom stereocenters. The van der Waals surface area contributed by atoms with Gasteiger partial charge in [0.2, 0.25) is 5.91 Å². The SMILES string of the molecule is Cc1ccc(C(=O)COC(=O)C2CC(=O)N(NC(=O)c3ccc(Cl)cc3Cl)C2)cc1. The minimum Gasteiger partial charge on any atom is -0.457 e. The molecular weight excluding hydrogens is 431 g/mol. The Kier molecular flexibility index (Phi) is 6.74. The molecule has 2 amide bonds. The molecule has 1 heterocycles. The van der Waals surface area contributed by atoms with Gasteiger partial charge in [0, 0.05) is 17.0 Å². The molecule has 0 saturated carbocycles. The van der Waals surface area contributed by atoms with E-state index in [0.717, 1.165) is 10.6 Å². The van der Waals surface area contributed by atoms with Gasteiger partial charge in [-0.15, -0.1) is 0 Å². The number of hydrogen-bond donors (Lipinski definition) is 1. The maximum absolute atomic E-state index is 12.4. The highest BCUT2D eigenvalue weighted by Crippen LogP contribution is 2.22. The molecule has 1 saturated heterocycles. The third-order valence-corrected chi connectivity index (χ3v) is 5.14. The van der Waals surface area contributed by atoms with Gasteiger partial charge in [0.05, 0.1) is 23.0 Å². The average Bonchev–Trinajstić information content (AvgIpc) is 3.06. The van der Waals surface area contributed by atoms with Gasteiger partial charge in [0.1, 0.15) is 0 Å². The average molecular weight is 449 g/mol. The molecule has 0 radical (unpaired) electrons. The highest BCUT2D eigenvalue weighted by atomic mass is 35.5. The van der Waals surface area contributed by atoms with E-state index in [1.54, 1.807) is 24.3 Å². The van der Waals surface area contributed by atoms with E-state index in [1.807, 2.05) is 6.92 Å². The lowest BCUT2D eigenvalue weighted by Gasteiger charge is -2.18. The van der Waals surface area contributed by atoms with E-state index < -0.39 is 30.3 Å². The molecule has 0 aromatic heterocycles. The van der Waals surface area contributed by atoms with Crippen LogP contribution >= 0.6 is 23.2 Å². The van der Waals surface area contributed by atoms with E-state index in [9.17, 15) is 19.2 Å². The van der Waals surface area contributed by atoms with Crippen molar-refractivity contribution < 1.29 is 23.9 Å². The molecule has 1 aliphatic rings. The van der Waals surface area contributed by atoms with Gasteiger partial charge in [-0.1, -0.05) is 53.0 Å². The van der Waals surface area contributed by atoms with Gasteiger partial charge in [0.15, 0.2) is 12.4 Å². The van der Waals surface area contributed by atoms with E-state index in [-0.39, 0.29) is 29.3 Å². The van der Waals surface area contributed by atoms with Crippen LogP contribution in [0.1, 0.15) is 32.7 Å². The van der Waals surface area contributed by atoms with Crippen LogP contribution in [0.4, 0.5) is 0 Å². The first-order valence-corrected chi connectivity index (χ1v) is 9.83. The van der Waals surface area contributed by atoms with Crippen molar-refractivity contribution in [1.29, 1.82) is 0 Å². The van der Waals surface area contributed by atoms with Crippen LogP contribution < -0.4 is 5.43 Å². The summed E-state index contributed by atoms with van der Waals surface area (Å²) in [5.74, 6) is -2.85. The van der Waals surface area contributed by atoms with E-state index in [4.69, 9.17) is 27.9 Å². The van der Waals surface area contributed by atoms with Gasteiger partial charge < -0.3 is 4.74 Å². The summed E-state index contributed by atoms with van der Waals surface area (Å²) in [6.45, 7) is 1.42. The maximum atomic E-state index is 12.4. The van der Waals surface area contributed by atoms with Crippen molar-refractivity contribution in [3.63, 3.8) is 0 Å². The first-order chi connectivity index (χ1) is 14.2. The van der Waals surface area contributed by atoms with E-state index >= 15 is 0 Å². The lowest BCUT2D eigenvalue weighted by atomic mass is 10.1. The Bertz CT molecular complexity index is 1010. The number of Topliss-reactive ketones (excluding diaryl/α,β-unsaturated/α-hetero) is 1. The predicted octanol–water partition coefficient (Wildman–Crippen LogP) is 3.22. The Morgan fingerprint density at radius 3 is 2.50 bits per heavy atom. The number of ether oxygens (including phenoxy) is 1. The van der Waals surface area contributed by atoms with Gasteiger partial charge in [-0.05, 0) is 25.1 Å². The largest absolute Gasteiger partial charge is 0.457 e. The molecular formula is C21H18Cl2N2O5. The number of hydrazine groups is 1. The molecule has 156 valence electrons. The number of hydrogen-bond acceptors (Lipinski definition) is 5. The molecule has 3 rings (SSSR count). The number of halogens is 2. The number of rotatable bonds is 6. The van der Waals surface area contributed by atoms with Gasteiger partial charge >= 0.3 is 5.97 Å². The summed E-state index contributed by atoms with van der Waals surface area (Å²) in [6.07, 6.45) is -0.133. The number of esters is 1. The summed E-state index contributed by atoms with van der Waals surface area (Å²) in [4.78, 5) is 48.9. The van der Waals surface area contributed by atoms with Gasteiger partial charge in [-0.25, -0.2) is 0 Å². The molecule has 1 N–H and O–H groups in total. The second-order valence-corrected chi connectivity index (χ2v) is 7.71. The Labute approximate surface area is 182 Å². The van der Waals surface area contributed by atoms with Crippen molar-refractivity contribution in [1.82, 2.24) is 10.4 Å². The summed E-state index contributed by atoms with van der Waals surface area (Å²) >= 11 is 11.8. The lowest BCUT2D eigenvalue weighted by molar-refractivity contribution is -0.147.